The van der Waals surface area contributed by atoms with Crippen molar-refractivity contribution in [3.8, 4) is 5.75 Å². The Bertz CT molecular complexity index is 922. The molecule has 1 fully saturated rings. The topological polar surface area (TPSA) is 67.8 Å². The van der Waals surface area contributed by atoms with Crippen molar-refractivity contribution >= 4 is 32.9 Å². The Kier molecular flexibility index (Phi) is 4.08. The molecular formula is C21H21BrN2O2S. The number of aliphatic hydroxyl groups is 1. The molecule has 27 heavy (non-hydrogen) atoms. The Hall–Kier alpha value is -1.50. The van der Waals surface area contributed by atoms with Gasteiger partial charge in [-0.05, 0) is 43.0 Å². The minimum absolute atomic E-state index is 0.0397. The van der Waals surface area contributed by atoms with Crippen molar-refractivity contribution in [3.63, 3.8) is 0 Å². The molecule has 5 rings (SSSR count). The first-order chi connectivity index (χ1) is 13.0. The molecule has 4 unspecified atom stereocenters. The van der Waals surface area contributed by atoms with Gasteiger partial charge in [0.15, 0.2) is 5.17 Å². The van der Waals surface area contributed by atoms with Crippen LogP contribution in [0.4, 0.5) is 0 Å². The van der Waals surface area contributed by atoms with Crippen LogP contribution in [0.15, 0.2) is 58.0 Å². The van der Waals surface area contributed by atoms with Gasteiger partial charge in [-0.2, -0.15) is 0 Å². The molecule has 2 aromatic rings. The molecule has 140 valence electrons. The van der Waals surface area contributed by atoms with E-state index in [-0.39, 0.29) is 12.0 Å². The van der Waals surface area contributed by atoms with Gasteiger partial charge in [-0.1, -0.05) is 58.0 Å². The van der Waals surface area contributed by atoms with Gasteiger partial charge in [0.1, 0.15) is 17.4 Å². The van der Waals surface area contributed by atoms with Gasteiger partial charge in [0.25, 0.3) is 0 Å². The number of benzene rings is 2. The van der Waals surface area contributed by atoms with Crippen LogP contribution in [0.2, 0.25) is 0 Å². The fourth-order valence-corrected chi connectivity index (χ4v) is 6.28. The highest BCUT2D eigenvalue weighted by Crippen LogP contribution is 2.57. The molecule has 1 spiro atoms. The van der Waals surface area contributed by atoms with E-state index in [2.05, 4.69) is 22.0 Å². The molecule has 1 saturated carbocycles. The zero-order chi connectivity index (χ0) is 18.6. The van der Waals surface area contributed by atoms with E-state index in [1.54, 1.807) is 11.8 Å². The summed E-state index contributed by atoms with van der Waals surface area (Å²) in [6, 6.07) is 16.1. The maximum atomic E-state index is 11.5. The summed E-state index contributed by atoms with van der Waals surface area (Å²) in [5.41, 5.74) is 6.87. The number of aliphatic imine (C=N–C) groups is 1. The third-order valence-electron chi connectivity index (χ3n) is 6.21. The average Bonchev–Trinajstić information content (AvgIpc) is 3.07. The smallest absolute Gasteiger partial charge is 0.154 e. The van der Waals surface area contributed by atoms with Gasteiger partial charge in [0.2, 0.25) is 0 Å². The van der Waals surface area contributed by atoms with Crippen LogP contribution in [0.5, 0.6) is 5.75 Å². The number of rotatable bonds is 1. The highest BCUT2D eigenvalue weighted by atomic mass is 79.9. The molecule has 0 aromatic heterocycles. The Balaban J connectivity index is 1.62. The van der Waals surface area contributed by atoms with Crippen molar-refractivity contribution in [2.45, 2.75) is 36.5 Å². The molecule has 2 aliphatic heterocycles. The predicted molar refractivity (Wildman–Crippen MR) is 112 cm³/mol. The van der Waals surface area contributed by atoms with Crippen LogP contribution >= 0.6 is 27.7 Å². The summed E-state index contributed by atoms with van der Waals surface area (Å²) in [6.45, 7) is 0. The lowest BCUT2D eigenvalue weighted by Gasteiger charge is -2.51. The van der Waals surface area contributed by atoms with E-state index in [1.165, 1.54) is 0 Å². The monoisotopic (exact) mass is 444 g/mol. The Morgan fingerprint density at radius 3 is 2.78 bits per heavy atom. The van der Waals surface area contributed by atoms with Crippen LogP contribution in [0.3, 0.4) is 0 Å². The van der Waals surface area contributed by atoms with E-state index >= 15 is 0 Å². The summed E-state index contributed by atoms with van der Waals surface area (Å²) < 4.78 is 7.39. The molecule has 1 aliphatic carbocycles. The van der Waals surface area contributed by atoms with Crippen LogP contribution < -0.4 is 10.5 Å². The average molecular weight is 445 g/mol. The fourth-order valence-electron chi connectivity index (χ4n) is 4.89. The summed E-state index contributed by atoms with van der Waals surface area (Å²) in [6.07, 6.45) is 2.14. The van der Waals surface area contributed by atoms with E-state index in [1.807, 2.05) is 42.5 Å². The first-order valence-corrected chi connectivity index (χ1v) is 11.0. The zero-order valence-corrected chi connectivity index (χ0v) is 17.2. The van der Waals surface area contributed by atoms with Crippen molar-refractivity contribution < 1.29 is 9.84 Å². The fraction of sp³-hybridized carbons (Fsp3) is 0.381. The Labute approximate surface area is 171 Å². The standard InChI is InChI=1S/C21H21BrN2O2S/c22-14-6-7-17-15(10-14)21(12-27-19(23)24-21)16-11-20(25,9-8-18(16)26-17)13-4-2-1-3-5-13/h1-7,10,16,18,25H,8-9,11-12H2,(H2,23,24). The van der Waals surface area contributed by atoms with Gasteiger partial charge in [0, 0.05) is 21.7 Å². The third-order valence-corrected chi connectivity index (χ3v) is 7.67. The first kappa shape index (κ1) is 17.6. The maximum absolute atomic E-state index is 11.5. The van der Waals surface area contributed by atoms with Crippen molar-refractivity contribution in [2.24, 2.45) is 16.6 Å². The summed E-state index contributed by atoms with van der Waals surface area (Å²) >= 11 is 5.19. The van der Waals surface area contributed by atoms with Crippen molar-refractivity contribution in [1.29, 1.82) is 0 Å². The van der Waals surface area contributed by atoms with Gasteiger partial charge >= 0.3 is 0 Å². The summed E-state index contributed by atoms with van der Waals surface area (Å²) in [5.74, 6) is 1.76. The lowest BCUT2D eigenvalue weighted by atomic mass is 9.63. The summed E-state index contributed by atoms with van der Waals surface area (Å²) in [5, 5.41) is 12.2. The van der Waals surface area contributed by atoms with E-state index in [0.29, 0.717) is 18.0 Å². The zero-order valence-electron chi connectivity index (χ0n) is 14.8. The molecule has 0 radical (unpaired) electrons. The molecule has 3 aliphatic rings. The second-order valence-electron chi connectivity index (χ2n) is 7.71. The number of nitrogens with zero attached hydrogens (tertiary/aromatic N) is 1. The van der Waals surface area contributed by atoms with E-state index in [0.717, 1.165) is 33.5 Å². The molecule has 0 amide bonds. The number of hydrogen-bond donors (Lipinski definition) is 2. The van der Waals surface area contributed by atoms with Gasteiger partial charge < -0.3 is 15.6 Å². The largest absolute Gasteiger partial charge is 0.490 e. The highest BCUT2D eigenvalue weighted by molar-refractivity contribution is 9.10. The third kappa shape index (κ3) is 2.72. The maximum Gasteiger partial charge on any atom is 0.154 e. The molecule has 4 nitrogen and oxygen atoms in total. The molecule has 2 aromatic carbocycles. The first-order valence-electron chi connectivity index (χ1n) is 9.23. The van der Waals surface area contributed by atoms with Gasteiger partial charge in [-0.15, -0.1) is 0 Å². The lowest BCUT2D eigenvalue weighted by Crippen LogP contribution is -2.53. The Morgan fingerprint density at radius 1 is 1.22 bits per heavy atom. The van der Waals surface area contributed by atoms with Crippen LogP contribution in [0.1, 0.15) is 30.4 Å². The van der Waals surface area contributed by atoms with E-state index < -0.39 is 11.1 Å². The van der Waals surface area contributed by atoms with Crippen LogP contribution in [0, 0.1) is 5.92 Å². The molecular weight excluding hydrogens is 424 g/mol. The Morgan fingerprint density at radius 2 is 2.04 bits per heavy atom. The van der Waals surface area contributed by atoms with Crippen LogP contribution in [0.25, 0.3) is 0 Å². The van der Waals surface area contributed by atoms with Gasteiger partial charge in [-0.25, -0.2) is 4.99 Å². The molecule has 3 N–H and O–H groups in total. The number of hydrogen-bond acceptors (Lipinski definition) is 5. The van der Waals surface area contributed by atoms with Gasteiger partial charge in [0.05, 0.1) is 5.60 Å². The van der Waals surface area contributed by atoms with E-state index in [9.17, 15) is 5.11 Å². The SMILES string of the molecule is NC1=NC2(CS1)c1cc(Br)ccc1OC1CCC(O)(c3ccccc3)CC12. The van der Waals surface area contributed by atoms with E-state index in [4.69, 9.17) is 15.5 Å². The molecule has 0 bridgehead atoms. The van der Waals surface area contributed by atoms with Crippen molar-refractivity contribution in [1.82, 2.24) is 0 Å². The van der Waals surface area contributed by atoms with Crippen LogP contribution in [-0.4, -0.2) is 22.1 Å². The summed E-state index contributed by atoms with van der Waals surface area (Å²) in [7, 11) is 0. The minimum Gasteiger partial charge on any atom is -0.490 e. The lowest BCUT2D eigenvalue weighted by molar-refractivity contribution is -0.0874. The number of fused-ring (bicyclic) bond motifs is 4. The second-order valence-corrected chi connectivity index (χ2v) is 9.62. The molecule has 4 atom stereocenters. The summed E-state index contributed by atoms with van der Waals surface area (Å²) in [4.78, 5) is 4.95. The quantitative estimate of drug-likeness (QED) is 0.692. The number of halogens is 1. The minimum atomic E-state index is -0.861. The highest BCUT2D eigenvalue weighted by Gasteiger charge is 2.57. The van der Waals surface area contributed by atoms with Crippen molar-refractivity contribution in [3.05, 3.63) is 64.1 Å². The molecule has 6 heteroatoms. The second kappa shape index (κ2) is 6.26. The molecule has 2 heterocycles. The number of ether oxygens (including phenoxy) is 1. The number of nitrogens with two attached hydrogens (primary N) is 1. The normalized spacial score (nSPS) is 34.5. The van der Waals surface area contributed by atoms with Crippen LogP contribution in [-0.2, 0) is 11.1 Å². The number of amidine groups is 1. The van der Waals surface area contributed by atoms with Crippen molar-refractivity contribution in [2.75, 3.05) is 5.75 Å². The molecule has 0 saturated heterocycles. The van der Waals surface area contributed by atoms with Gasteiger partial charge in [-0.3, -0.25) is 0 Å². The predicted octanol–water partition coefficient (Wildman–Crippen LogP) is 4.15. The number of thioether (sulfide) groups is 1.